The number of hydrogen-bond donors (Lipinski definition) is 1. The predicted molar refractivity (Wildman–Crippen MR) is 57.1 cm³/mol. The number of thiocarbonyl (C=S) groups is 1. The van der Waals surface area contributed by atoms with E-state index in [0.29, 0.717) is 4.99 Å². The van der Waals surface area contributed by atoms with Crippen LogP contribution in [0.15, 0.2) is 11.6 Å². The summed E-state index contributed by atoms with van der Waals surface area (Å²) in [5.41, 5.74) is 6.83. The van der Waals surface area contributed by atoms with Crippen molar-refractivity contribution < 1.29 is 0 Å². The highest BCUT2D eigenvalue weighted by Crippen LogP contribution is 2.29. The number of allylic oxidation sites excluding steroid dienone is 1. The second kappa shape index (κ2) is 4.61. The highest BCUT2D eigenvalue weighted by molar-refractivity contribution is 7.80. The van der Waals surface area contributed by atoms with E-state index < -0.39 is 0 Å². The Bertz CT molecular complexity index is 190. The van der Waals surface area contributed by atoms with Crippen LogP contribution in [0.1, 0.15) is 39.0 Å². The standard InChI is InChI=1S/C10H17NS/c1-8(7-10(11)12)9-5-3-2-4-6-9/h7,9H,2-6H2,1H3,(H2,11,12)/b8-7-. The molecule has 0 spiro atoms. The molecule has 1 nitrogen and oxygen atoms in total. The third-order valence-electron chi connectivity index (χ3n) is 2.62. The maximum absolute atomic E-state index is 5.46. The van der Waals surface area contributed by atoms with Crippen LogP contribution in [0, 0.1) is 5.92 Å². The van der Waals surface area contributed by atoms with Gasteiger partial charge in [0.2, 0.25) is 0 Å². The quantitative estimate of drug-likeness (QED) is 0.526. The first kappa shape index (κ1) is 9.72. The van der Waals surface area contributed by atoms with E-state index in [4.69, 9.17) is 18.0 Å². The minimum Gasteiger partial charge on any atom is -0.390 e. The molecule has 0 bridgehead atoms. The lowest BCUT2D eigenvalue weighted by molar-refractivity contribution is 0.403. The summed E-state index contributed by atoms with van der Waals surface area (Å²) in [7, 11) is 0. The fourth-order valence-corrected chi connectivity index (χ4v) is 2.09. The van der Waals surface area contributed by atoms with Crippen molar-refractivity contribution in [1.82, 2.24) is 0 Å². The molecule has 68 valence electrons. The summed E-state index contributed by atoms with van der Waals surface area (Å²) in [4.78, 5) is 0.526. The molecule has 0 amide bonds. The van der Waals surface area contributed by atoms with Crippen LogP contribution in [0.2, 0.25) is 0 Å². The van der Waals surface area contributed by atoms with Gasteiger partial charge in [0.15, 0.2) is 0 Å². The van der Waals surface area contributed by atoms with Crippen molar-refractivity contribution in [3.8, 4) is 0 Å². The van der Waals surface area contributed by atoms with E-state index in [-0.39, 0.29) is 0 Å². The highest BCUT2D eigenvalue weighted by atomic mass is 32.1. The van der Waals surface area contributed by atoms with Crippen molar-refractivity contribution in [1.29, 1.82) is 0 Å². The zero-order valence-corrected chi connectivity index (χ0v) is 8.49. The van der Waals surface area contributed by atoms with E-state index in [0.717, 1.165) is 5.92 Å². The molecule has 1 fully saturated rings. The van der Waals surface area contributed by atoms with Gasteiger partial charge in [-0.3, -0.25) is 0 Å². The summed E-state index contributed by atoms with van der Waals surface area (Å²) < 4.78 is 0. The Balaban J connectivity index is 2.49. The molecule has 0 aliphatic heterocycles. The molecule has 1 rings (SSSR count). The van der Waals surface area contributed by atoms with E-state index in [1.807, 2.05) is 6.08 Å². The maximum Gasteiger partial charge on any atom is 0.0961 e. The Hall–Kier alpha value is -0.370. The van der Waals surface area contributed by atoms with Crippen LogP contribution in [0.4, 0.5) is 0 Å². The van der Waals surface area contributed by atoms with Crippen LogP contribution in [-0.4, -0.2) is 4.99 Å². The second-order valence-electron chi connectivity index (χ2n) is 3.63. The highest BCUT2D eigenvalue weighted by Gasteiger charge is 2.14. The smallest absolute Gasteiger partial charge is 0.0961 e. The molecular formula is C10H17NS. The molecule has 0 aromatic heterocycles. The van der Waals surface area contributed by atoms with Gasteiger partial charge >= 0.3 is 0 Å². The second-order valence-corrected chi connectivity index (χ2v) is 4.10. The minimum absolute atomic E-state index is 0.526. The molecule has 1 aliphatic rings. The lowest BCUT2D eigenvalue weighted by Crippen LogP contribution is -2.11. The lowest BCUT2D eigenvalue weighted by atomic mass is 9.84. The van der Waals surface area contributed by atoms with Gasteiger partial charge in [-0.15, -0.1) is 0 Å². The Morgan fingerprint density at radius 3 is 2.42 bits per heavy atom. The fraction of sp³-hybridized carbons (Fsp3) is 0.700. The van der Waals surface area contributed by atoms with E-state index in [2.05, 4.69) is 6.92 Å². The molecule has 0 saturated heterocycles. The van der Waals surface area contributed by atoms with E-state index in [1.165, 1.54) is 37.7 Å². The Kier molecular flexibility index (Phi) is 3.73. The summed E-state index contributed by atoms with van der Waals surface area (Å²) >= 11 is 4.84. The maximum atomic E-state index is 5.46. The summed E-state index contributed by atoms with van der Waals surface area (Å²) in [6.45, 7) is 2.15. The van der Waals surface area contributed by atoms with Crippen LogP contribution in [0.25, 0.3) is 0 Å². The van der Waals surface area contributed by atoms with Gasteiger partial charge in [-0.05, 0) is 31.8 Å². The molecule has 0 radical (unpaired) electrons. The van der Waals surface area contributed by atoms with Crippen LogP contribution in [0.5, 0.6) is 0 Å². The average molecular weight is 183 g/mol. The molecule has 1 saturated carbocycles. The first-order valence-corrected chi connectivity index (χ1v) is 5.08. The van der Waals surface area contributed by atoms with Crippen molar-refractivity contribution in [2.75, 3.05) is 0 Å². The Morgan fingerprint density at radius 2 is 1.92 bits per heavy atom. The summed E-state index contributed by atoms with van der Waals surface area (Å²) in [5.74, 6) is 0.750. The number of nitrogens with two attached hydrogens (primary N) is 1. The lowest BCUT2D eigenvalue weighted by Gasteiger charge is -2.22. The predicted octanol–water partition coefficient (Wildman–Crippen LogP) is 2.80. The molecule has 2 N–H and O–H groups in total. The SMILES string of the molecule is C/C(=C/C(N)=S)C1CCCCC1. The largest absolute Gasteiger partial charge is 0.390 e. The van der Waals surface area contributed by atoms with Gasteiger partial charge in [0, 0.05) is 0 Å². The van der Waals surface area contributed by atoms with Gasteiger partial charge in [-0.2, -0.15) is 0 Å². The molecule has 0 aromatic rings. The summed E-state index contributed by atoms with van der Waals surface area (Å²) in [6.07, 6.45) is 8.73. The number of hydrogen-bond acceptors (Lipinski definition) is 1. The molecule has 12 heavy (non-hydrogen) atoms. The number of rotatable bonds is 2. The third kappa shape index (κ3) is 2.94. The van der Waals surface area contributed by atoms with Gasteiger partial charge in [0.25, 0.3) is 0 Å². The summed E-state index contributed by atoms with van der Waals surface area (Å²) in [6, 6.07) is 0. The fourth-order valence-electron chi connectivity index (χ4n) is 1.90. The topological polar surface area (TPSA) is 26.0 Å². The van der Waals surface area contributed by atoms with Crippen molar-refractivity contribution in [3.05, 3.63) is 11.6 Å². The molecule has 2 heteroatoms. The zero-order chi connectivity index (χ0) is 8.97. The van der Waals surface area contributed by atoms with E-state index >= 15 is 0 Å². The van der Waals surface area contributed by atoms with Crippen molar-refractivity contribution >= 4 is 17.2 Å². The van der Waals surface area contributed by atoms with Gasteiger partial charge in [0.1, 0.15) is 0 Å². The van der Waals surface area contributed by atoms with Crippen LogP contribution in [-0.2, 0) is 0 Å². The summed E-state index contributed by atoms with van der Waals surface area (Å²) in [5, 5.41) is 0. The molecule has 0 heterocycles. The molecule has 0 unspecified atom stereocenters. The van der Waals surface area contributed by atoms with Crippen molar-refractivity contribution in [2.45, 2.75) is 39.0 Å². The molecule has 0 aromatic carbocycles. The molecular weight excluding hydrogens is 166 g/mol. The monoisotopic (exact) mass is 183 g/mol. The van der Waals surface area contributed by atoms with Gasteiger partial charge in [0.05, 0.1) is 4.99 Å². The van der Waals surface area contributed by atoms with Crippen molar-refractivity contribution in [3.63, 3.8) is 0 Å². The van der Waals surface area contributed by atoms with Crippen LogP contribution >= 0.6 is 12.2 Å². The van der Waals surface area contributed by atoms with Crippen LogP contribution in [0.3, 0.4) is 0 Å². The zero-order valence-electron chi connectivity index (χ0n) is 7.68. The Labute approximate surface area is 80.0 Å². The van der Waals surface area contributed by atoms with E-state index in [1.54, 1.807) is 0 Å². The third-order valence-corrected chi connectivity index (χ3v) is 2.74. The van der Waals surface area contributed by atoms with Gasteiger partial charge in [-0.1, -0.05) is 37.1 Å². The van der Waals surface area contributed by atoms with Gasteiger partial charge in [-0.25, -0.2) is 0 Å². The van der Waals surface area contributed by atoms with E-state index in [9.17, 15) is 0 Å². The minimum atomic E-state index is 0.526. The average Bonchev–Trinajstić information content (AvgIpc) is 2.05. The van der Waals surface area contributed by atoms with Gasteiger partial charge < -0.3 is 5.73 Å². The molecule has 0 atom stereocenters. The first-order chi connectivity index (χ1) is 5.70. The normalized spacial score (nSPS) is 20.9. The molecule has 1 aliphatic carbocycles. The van der Waals surface area contributed by atoms with Crippen LogP contribution < -0.4 is 5.73 Å². The van der Waals surface area contributed by atoms with Crippen molar-refractivity contribution in [2.24, 2.45) is 11.7 Å². The first-order valence-electron chi connectivity index (χ1n) is 4.68. The Morgan fingerprint density at radius 1 is 1.33 bits per heavy atom.